The van der Waals surface area contributed by atoms with Gasteiger partial charge < -0.3 is 23.8 Å². The van der Waals surface area contributed by atoms with Crippen molar-refractivity contribution in [2.75, 3.05) is 33.3 Å². The molecular formula is C24H25NO4. The van der Waals surface area contributed by atoms with Gasteiger partial charge in [0.2, 0.25) is 5.75 Å². The van der Waals surface area contributed by atoms with Gasteiger partial charge in [-0.2, -0.15) is 0 Å². The first-order chi connectivity index (χ1) is 14.2. The number of hydrogen-bond acceptors (Lipinski definition) is 5. The molecule has 29 heavy (non-hydrogen) atoms. The lowest BCUT2D eigenvalue weighted by Crippen LogP contribution is -2.26. The summed E-state index contributed by atoms with van der Waals surface area (Å²) in [4.78, 5) is 2.34. The fourth-order valence-electron chi connectivity index (χ4n) is 3.94. The van der Waals surface area contributed by atoms with Crippen LogP contribution in [0, 0.1) is 0 Å². The maximum Gasteiger partial charge on any atom is 0.204 e. The van der Waals surface area contributed by atoms with Crippen LogP contribution in [0.15, 0.2) is 54.6 Å². The van der Waals surface area contributed by atoms with Crippen molar-refractivity contribution >= 4 is 5.69 Å². The molecule has 0 atom stereocenters. The van der Waals surface area contributed by atoms with E-state index >= 15 is 0 Å². The molecule has 0 fully saturated rings. The fourth-order valence-corrected chi connectivity index (χ4v) is 3.94. The highest BCUT2D eigenvalue weighted by Gasteiger charge is 2.29. The molecule has 4 rings (SSSR count). The van der Waals surface area contributed by atoms with Crippen molar-refractivity contribution in [3.8, 4) is 34.1 Å². The molecule has 1 aliphatic rings. The monoisotopic (exact) mass is 391 g/mol. The number of fused-ring (bicyclic) bond motifs is 3. The minimum Gasteiger partial charge on any atom is -0.497 e. The summed E-state index contributed by atoms with van der Waals surface area (Å²) in [6.07, 6.45) is 0. The molecule has 5 nitrogen and oxygen atoms in total. The Morgan fingerprint density at radius 1 is 0.793 bits per heavy atom. The van der Waals surface area contributed by atoms with Crippen LogP contribution in [-0.2, 0) is 13.1 Å². The summed E-state index contributed by atoms with van der Waals surface area (Å²) in [6, 6.07) is 18.6. The molecular weight excluding hydrogens is 366 g/mol. The van der Waals surface area contributed by atoms with Gasteiger partial charge in [0.1, 0.15) is 5.75 Å². The summed E-state index contributed by atoms with van der Waals surface area (Å²) in [5.74, 6) is 2.80. The van der Waals surface area contributed by atoms with Crippen LogP contribution in [0.25, 0.3) is 11.1 Å². The zero-order valence-electron chi connectivity index (χ0n) is 17.2. The molecule has 0 amide bonds. The molecule has 0 unspecified atom stereocenters. The molecule has 3 aromatic carbocycles. The second kappa shape index (κ2) is 7.95. The van der Waals surface area contributed by atoms with E-state index in [0.717, 1.165) is 35.7 Å². The quantitative estimate of drug-likeness (QED) is 0.597. The highest BCUT2D eigenvalue weighted by Crippen LogP contribution is 2.53. The van der Waals surface area contributed by atoms with E-state index in [2.05, 4.69) is 41.3 Å². The summed E-state index contributed by atoms with van der Waals surface area (Å²) in [5, 5.41) is 0. The van der Waals surface area contributed by atoms with Gasteiger partial charge in [0, 0.05) is 19.2 Å². The number of rotatable bonds is 6. The summed E-state index contributed by atoms with van der Waals surface area (Å²) in [5.41, 5.74) is 5.70. The molecule has 0 aliphatic carbocycles. The molecule has 0 N–H and O–H groups in total. The zero-order valence-corrected chi connectivity index (χ0v) is 17.2. The molecule has 0 saturated carbocycles. The fraction of sp³-hybridized carbons (Fsp3) is 0.250. The topological polar surface area (TPSA) is 40.2 Å². The van der Waals surface area contributed by atoms with Crippen LogP contribution in [0.3, 0.4) is 0 Å². The Hall–Kier alpha value is -3.34. The van der Waals surface area contributed by atoms with Gasteiger partial charge in [0.15, 0.2) is 11.5 Å². The number of anilines is 1. The molecule has 0 saturated heterocycles. The first-order valence-corrected chi connectivity index (χ1v) is 9.49. The van der Waals surface area contributed by atoms with Gasteiger partial charge in [-0.25, -0.2) is 0 Å². The van der Waals surface area contributed by atoms with Gasteiger partial charge in [-0.15, -0.1) is 0 Å². The summed E-state index contributed by atoms with van der Waals surface area (Å²) in [7, 11) is 6.63. The molecule has 5 heteroatoms. The summed E-state index contributed by atoms with van der Waals surface area (Å²) >= 11 is 0. The Bertz CT molecular complexity index is 1010. The minimum absolute atomic E-state index is 0.606. The maximum atomic E-state index is 5.81. The average molecular weight is 391 g/mol. The van der Waals surface area contributed by atoms with E-state index < -0.39 is 0 Å². The van der Waals surface area contributed by atoms with Crippen LogP contribution < -0.4 is 23.8 Å². The van der Waals surface area contributed by atoms with Crippen molar-refractivity contribution in [1.29, 1.82) is 0 Å². The third-order valence-corrected chi connectivity index (χ3v) is 5.33. The van der Waals surface area contributed by atoms with Crippen LogP contribution in [0.5, 0.6) is 23.0 Å². The third kappa shape index (κ3) is 3.33. The SMILES string of the molecule is COc1ccc(CN2Cc3ccccc3-c3c2cc(OC)c(OC)c3OC)cc1. The van der Waals surface area contributed by atoms with Crippen molar-refractivity contribution in [3.05, 3.63) is 65.7 Å². The molecule has 0 radical (unpaired) electrons. The van der Waals surface area contributed by atoms with Gasteiger partial charge in [-0.3, -0.25) is 0 Å². The van der Waals surface area contributed by atoms with Crippen LogP contribution in [0.4, 0.5) is 5.69 Å². The first-order valence-electron chi connectivity index (χ1n) is 9.49. The molecule has 1 aliphatic heterocycles. The predicted molar refractivity (Wildman–Crippen MR) is 114 cm³/mol. The lowest BCUT2D eigenvalue weighted by molar-refractivity contribution is 0.325. The molecule has 3 aromatic rings. The van der Waals surface area contributed by atoms with Gasteiger partial charge in [0.25, 0.3) is 0 Å². The summed E-state index contributed by atoms with van der Waals surface area (Å²) < 4.78 is 22.4. The Morgan fingerprint density at radius 3 is 2.17 bits per heavy atom. The van der Waals surface area contributed by atoms with E-state index in [9.17, 15) is 0 Å². The van der Waals surface area contributed by atoms with Crippen LogP contribution >= 0.6 is 0 Å². The molecule has 0 spiro atoms. The van der Waals surface area contributed by atoms with Crippen LogP contribution in [0.1, 0.15) is 11.1 Å². The molecule has 0 aromatic heterocycles. The minimum atomic E-state index is 0.606. The Morgan fingerprint density at radius 2 is 1.52 bits per heavy atom. The average Bonchev–Trinajstić information content (AvgIpc) is 2.78. The van der Waals surface area contributed by atoms with Gasteiger partial charge in [-0.05, 0) is 28.8 Å². The van der Waals surface area contributed by atoms with Gasteiger partial charge >= 0.3 is 0 Å². The number of ether oxygens (including phenoxy) is 4. The van der Waals surface area contributed by atoms with E-state index in [1.165, 1.54) is 11.1 Å². The highest BCUT2D eigenvalue weighted by atomic mass is 16.5. The number of nitrogens with zero attached hydrogens (tertiary/aromatic N) is 1. The maximum absolute atomic E-state index is 5.81. The number of benzene rings is 3. The van der Waals surface area contributed by atoms with Crippen molar-refractivity contribution in [1.82, 2.24) is 0 Å². The zero-order chi connectivity index (χ0) is 20.4. The van der Waals surface area contributed by atoms with E-state index in [-0.39, 0.29) is 0 Å². The number of methoxy groups -OCH3 is 4. The lowest BCUT2D eigenvalue weighted by atomic mass is 9.91. The lowest BCUT2D eigenvalue weighted by Gasteiger charge is -2.34. The van der Waals surface area contributed by atoms with Gasteiger partial charge in [-0.1, -0.05) is 36.4 Å². The smallest absolute Gasteiger partial charge is 0.204 e. The van der Waals surface area contributed by atoms with Crippen molar-refractivity contribution in [3.63, 3.8) is 0 Å². The Balaban J connectivity index is 1.86. The second-order valence-electron chi connectivity index (χ2n) is 6.90. The van der Waals surface area contributed by atoms with E-state index in [1.54, 1.807) is 28.4 Å². The Labute approximate surface area is 171 Å². The van der Waals surface area contributed by atoms with Crippen molar-refractivity contribution < 1.29 is 18.9 Å². The summed E-state index contributed by atoms with van der Waals surface area (Å²) in [6.45, 7) is 1.55. The Kier molecular flexibility index (Phi) is 5.21. The largest absolute Gasteiger partial charge is 0.497 e. The predicted octanol–water partition coefficient (Wildman–Crippen LogP) is 4.91. The van der Waals surface area contributed by atoms with Gasteiger partial charge in [0.05, 0.1) is 39.7 Å². The second-order valence-corrected chi connectivity index (χ2v) is 6.90. The van der Waals surface area contributed by atoms with Crippen LogP contribution in [-0.4, -0.2) is 28.4 Å². The normalized spacial score (nSPS) is 12.1. The highest BCUT2D eigenvalue weighted by molar-refractivity contribution is 5.92. The van der Waals surface area contributed by atoms with Crippen LogP contribution in [0.2, 0.25) is 0 Å². The molecule has 1 heterocycles. The van der Waals surface area contributed by atoms with E-state index in [1.807, 2.05) is 18.2 Å². The molecule has 150 valence electrons. The standard InChI is InChI=1S/C24H25NO4/c1-26-18-11-9-16(10-12-18)14-25-15-17-7-5-6-8-19(17)22-20(25)13-21(27-2)23(28-3)24(22)29-4/h5-13H,14-15H2,1-4H3. The van der Waals surface area contributed by atoms with E-state index in [0.29, 0.717) is 17.2 Å². The van der Waals surface area contributed by atoms with Crippen molar-refractivity contribution in [2.45, 2.75) is 13.1 Å². The number of hydrogen-bond donors (Lipinski definition) is 0. The third-order valence-electron chi connectivity index (χ3n) is 5.33. The van der Waals surface area contributed by atoms with Crippen molar-refractivity contribution in [2.24, 2.45) is 0 Å². The van der Waals surface area contributed by atoms with E-state index in [4.69, 9.17) is 18.9 Å². The molecule has 0 bridgehead atoms. The first kappa shape index (κ1) is 19.0.